The molecule has 0 aliphatic heterocycles. The number of nitrogen functional groups attached to an aromatic ring is 1. The summed E-state index contributed by atoms with van der Waals surface area (Å²) >= 11 is 0. The Kier molecular flexibility index (Phi) is 5.03. The van der Waals surface area contributed by atoms with Crippen LogP contribution >= 0.6 is 0 Å². The topological polar surface area (TPSA) is 94.0 Å². The lowest BCUT2D eigenvalue weighted by Gasteiger charge is -2.07. The van der Waals surface area contributed by atoms with Crippen molar-refractivity contribution in [2.24, 2.45) is 0 Å². The number of carbonyl (C=O) groups is 1. The largest absolute Gasteiger partial charge is 0.384 e. The van der Waals surface area contributed by atoms with Crippen LogP contribution in [0, 0.1) is 5.82 Å². The maximum Gasteiger partial charge on any atom is 0.239 e. The smallest absolute Gasteiger partial charge is 0.239 e. The molecule has 0 saturated heterocycles. The SMILES string of the molecule is Nc1cc(-c2c(-c3ccc(F)cc3)noc2NC(=O)Cc2ccccc2)ccn1. The summed E-state index contributed by atoms with van der Waals surface area (Å²) in [5.41, 5.74) is 9.03. The number of hydrogen-bond acceptors (Lipinski definition) is 5. The summed E-state index contributed by atoms with van der Waals surface area (Å²) < 4.78 is 18.8. The number of halogens is 1. The van der Waals surface area contributed by atoms with Crippen molar-refractivity contribution in [2.75, 3.05) is 11.1 Å². The average Bonchev–Trinajstić information content (AvgIpc) is 3.12. The fourth-order valence-electron chi connectivity index (χ4n) is 3.00. The molecule has 0 aliphatic rings. The van der Waals surface area contributed by atoms with Crippen molar-refractivity contribution in [1.82, 2.24) is 10.1 Å². The number of aromatic nitrogens is 2. The van der Waals surface area contributed by atoms with Crippen LogP contribution in [-0.2, 0) is 11.2 Å². The minimum atomic E-state index is -0.358. The van der Waals surface area contributed by atoms with Crippen LogP contribution in [0.3, 0.4) is 0 Å². The van der Waals surface area contributed by atoms with Gasteiger partial charge in [0.1, 0.15) is 17.3 Å². The molecule has 0 radical (unpaired) electrons. The normalized spacial score (nSPS) is 10.7. The molecule has 144 valence electrons. The molecule has 0 fully saturated rings. The quantitative estimate of drug-likeness (QED) is 0.531. The molecule has 0 aliphatic carbocycles. The highest BCUT2D eigenvalue weighted by molar-refractivity contribution is 5.98. The summed E-state index contributed by atoms with van der Waals surface area (Å²) in [5.74, 6) is -0.101. The first-order chi connectivity index (χ1) is 14.1. The summed E-state index contributed by atoms with van der Waals surface area (Å²) in [6.45, 7) is 0. The number of nitrogens with two attached hydrogens (primary N) is 1. The maximum absolute atomic E-state index is 13.3. The fourth-order valence-corrected chi connectivity index (χ4v) is 3.00. The van der Waals surface area contributed by atoms with Gasteiger partial charge in [-0.2, -0.15) is 0 Å². The Morgan fingerprint density at radius 1 is 1.03 bits per heavy atom. The Bertz CT molecular complexity index is 1140. The standard InChI is InChI=1S/C22H17FN4O2/c23-17-8-6-15(7-9-17)21-20(16-10-11-25-18(24)13-16)22(29-27-21)26-19(28)12-14-4-2-1-3-5-14/h1-11,13H,12H2,(H2,24,25)(H,26,28). The molecule has 2 aromatic carbocycles. The van der Waals surface area contributed by atoms with Crippen molar-refractivity contribution in [1.29, 1.82) is 0 Å². The molecule has 7 heteroatoms. The van der Waals surface area contributed by atoms with Gasteiger partial charge in [0.05, 0.1) is 12.0 Å². The highest BCUT2D eigenvalue weighted by Gasteiger charge is 2.21. The van der Waals surface area contributed by atoms with Crippen molar-refractivity contribution < 1.29 is 13.7 Å². The van der Waals surface area contributed by atoms with E-state index in [2.05, 4.69) is 15.5 Å². The minimum Gasteiger partial charge on any atom is -0.384 e. The minimum absolute atomic E-state index is 0.186. The van der Waals surface area contributed by atoms with E-state index in [0.29, 0.717) is 28.2 Å². The van der Waals surface area contributed by atoms with Crippen LogP contribution in [0.5, 0.6) is 0 Å². The third-order valence-corrected chi connectivity index (χ3v) is 4.34. The summed E-state index contributed by atoms with van der Waals surface area (Å²) in [6, 6.07) is 18.6. The van der Waals surface area contributed by atoms with E-state index in [4.69, 9.17) is 10.3 Å². The molecule has 29 heavy (non-hydrogen) atoms. The van der Waals surface area contributed by atoms with Gasteiger partial charge in [-0.25, -0.2) is 9.37 Å². The number of anilines is 2. The third-order valence-electron chi connectivity index (χ3n) is 4.34. The van der Waals surface area contributed by atoms with E-state index in [9.17, 15) is 9.18 Å². The molecule has 6 nitrogen and oxygen atoms in total. The summed E-state index contributed by atoms with van der Waals surface area (Å²) in [5, 5.41) is 6.88. The van der Waals surface area contributed by atoms with Gasteiger partial charge >= 0.3 is 0 Å². The van der Waals surface area contributed by atoms with Crippen LogP contribution in [0.4, 0.5) is 16.1 Å². The Morgan fingerprint density at radius 2 is 1.79 bits per heavy atom. The van der Waals surface area contributed by atoms with Crippen LogP contribution in [0.2, 0.25) is 0 Å². The first kappa shape index (κ1) is 18.4. The molecule has 2 aromatic heterocycles. The van der Waals surface area contributed by atoms with Gasteiger partial charge in [-0.05, 0) is 47.5 Å². The van der Waals surface area contributed by atoms with Gasteiger partial charge in [0.15, 0.2) is 0 Å². The number of hydrogen-bond donors (Lipinski definition) is 2. The fraction of sp³-hybridized carbons (Fsp3) is 0.0455. The number of nitrogens with zero attached hydrogens (tertiary/aromatic N) is 2. The molecule has 0 atom stereocenters. The zero-order valence-corrected chi connectivity index (χ0v) is 15.3. The van der Waals surface area contributed by atoms with Gasteiger partial charge in [-0.1, -0.05) is 35.5 Å². The zero-order valence-electron chi connectivity index (χ0n) is 15.3. The maximum atomic E-state index is 13.3. The van der Waals surface area contributed by atoms with Crippen LogP contribution in [0.15, 0.2) is 77.4 Å². The lowest BCUT2D eigenvalue weighted by atomic mass is 10.0. The number of benzene rings is 2. The molecule has 2 heterocycles. The molecule has 0 spiro atoms. The van der Waals surface area contributed by atoms with Crippen LogP contribution in [0.25, 0.3) is 22.4 Å². The first-order valence-corrected chi connectivity index (χ1v) is 8.91. The van der Waals surface area contributed by atoms with Gasteiger partial charge in [0.2, 0.25) is 11.8 Å². The Hall–Kier alpha value is -4.00. The van der Waals surface area contributed by atoms with Crippen molar-refractivity contribution in [2.45, 2.75) is 6.42 Å². The molecular weight excluding hydrogens is 371 g/mol. The van der Waals surface area contributed by atoms with E-state index in [1.807, 2.05) is 30.3 Å². The number of pyridine rings is 1. The second-order valence-electron chi connectivity index (χ2n) is 6.42. The molecule has 4 aromatic rings. The molecule has 4 rings (SSSR count). The van der Waals surface area contributed by atoms with Crippen molar-refractivity contribution in [3.63, 3.8) is 0 Å². The van der Waals surface area contributed by atoms with Crippen LogP contribution < -0.4 is 11.1 Å². The third kappa shape index (κ3) is 4.14. The highest BCUT2D eigenvalue weighted by Crippen LogP contribution is 2.38. The van der Waals surface area contributed by atoms with E-state index in [1.54, 1.807) is 30.5 Å². The van der Waals surface area contributed by atoms with Gasteiger partial charge < -0.3 is 10.3 Å². The van der Waals surface area contributed by atoms with Gasteiger partial charge in [0, 0.05) is 11.8 Å². The average molecular weight is 388 g/mol. The van der Waals surface area contributed by atoms with Gasteiger partial charge in [-0.3, -0.25) is 10.1 Å². The number of amides is 1. The van der Waals surface area contributed by atoms with Crippen LogP contribution in [-0.4, -0.2) is 16.0 Å². The van der Waals surface area contributed by atoms with E-state index in [-0.39, 0.29) is 24.0 Å². The van der Waals surface area contributed by atoms with Gasteiger partial charge in [-0.15, -0.1) is 0 Å². The Morgan fingerprint density at radius 3 is 2.52 bits per heavy atom. The summed E-state index contributed by atoms with van der Waals surface area (Å²) in [4.78, 5) is 16.5. The summed E-state index contributed by atoms with van der Waals surface area (Å²) in [6.07, 6.45) is 1.74. The zero-order chi connectivity index (χ0) is 20.2. The lowest BCUT2D eigenvalue weighted by molar-refractivity contribution is -0.115. The number of rotatable bonds is 5. The van der Waals surface area contributed by atoms with E-state index in [0.717, 1.165) is 5.56 Å². The molecule has 3 N–H and O–H groups in total. The summed E-state index contributed by atoms with van der Waals surface area (Å²) in [7, 11) is 0. The van der Waals surface area contributed by atoms with E-state index in [1.165, 1.54) is 12.1 Å². The second kappa shape index (κ2) is 7.93. The Labute approximate surface area is 166 Å². The Balaban J connectivity index is 1.72. The van der Waals surface area contributed by atoms with Crippen molar-refractivity contribution in [3.8, 4) is 22.4 Å². The molecule has 0 saturated carbocycles. The van der Waals surface area contributed by atoms with Crippen molar-refractivity contribution in [3.05, 3.63) is 84.3 Å². The molecular formula is C22H17FN4O2. The predicted molar refractivity (Wildman–Crippen MR) is 108 cm³/mol. The lowest BCUT2D eigenvalue weighted by Crippen LogP contribution is -2.14. The van der Waals surface area contributed by atoms with E-state index < -0.39 is 0 Å². The second-order valence-corrected chi connectivity index (χ2v) is 6.42. The first-order valence-electron chi connectivity index (χ1n) is 8.91. The van der Waals surface area contributed by atoms with Crippen molar-refractivity contribution >= 4 is 17.6 Å². The predicted octanol–water partition coefficient (Wildman–Crippen LogP) is 4.31. The van der Waals surface area contributed by atoms with Gasteiger partial charge in [0.25, 0.3) is 0 Å². The molecule has 0 unspecified atom stereocenters. The van der Waals surface area contributed by atoms with Crippen LogP contribution in [0.1, 0.15) is 5.56 Å². The highest BCUT2D eigenvalue weighted by atomic mass is 19.1. The monoisotopic (exact) mass is 388 g/mol. The number of carbonyl (C=O) groups excluding carboxylic acids is 1. The molecule has 0 bridgehead atoms. The molecule has 1 amide bonds. The number of nitrogens with one attached hydrogen (secondary N) is 1. The van der Waals surface area contributed by atoms with E-state index >= 15 is 0 Å².